The van der Waals surface area contributed by atoms with Crippen LogP contribution in [0.3, 0.4) is 0 Å². The van der Waals surface area contributed by atoms with Gasteiger partial charge in [-0.25, -0.2) is 14.6 Å². The Kier molecular flexibility index (Phi) is 4.34. The van der Waals surface area contributed by atoms with Gasteiger partial charge >= 0.3 is 0 Å². The monoisotopic (exact) mass is 392 g/mol. The van der Waals surface area contributed by atoms with Crippen LogP contribution in [0, 0.1) is 12.8 Å². The fourth-order valence-corrected chi connectivity index (χ4v) is 3.88. The molecule has 0 N–H and O–H groups in total. The summed E-state index contributed by atoms with van der Waals surface area (Å²) in [7, 11) is 1.65. The molecule has 29 heavy (non-hydrogen) atoms. The average molecular weight is 392 g/mol. The van der Waals surface area contributed by atoms with Crippen molar-refractivity contribution in [1.82, 2.24) is 24.6 Å². The van der Waals surface area contributed by atoms with Gasteiger partial charge in [0, 0.05) is 32.1 Å². The molecule has 2 aliphatic rings. The second-order valence-electron chi connectivity index (χ2n) is 7.67. The van der Waals surface area contributed by atoms with E-state index in [1.807, 2.05) is 47.0 Å². The van der Waals surface area contributed by atoms with E-state index in [1.165, 1.54) is 0 Å². The summed E-state index contributed by atoms with van der Waals surface area (Å²) >= 11 is 0. The summed E-state index contributed by atoms with van der Waals surface area (Å²) in [6, 6.07) is 7.75. The second kappa shape index (κ2) is 7.02. The number of hydrogen-bond donors (Lipinski definition) is 0. The van der Waals surface area contributed by atoms with Gasteiger partial charge in [-0.05, 0) is 44.0 Å². The highest BCUT2D eigenvalue weighted by molar-refractivity contribution is 5.88. The first-order valence-electron chi connectivity index (χ1n) is 10.0. The zero-order chi connectivity index (χ0) is 20.0. The fraction of sp³-hybridized carbons (Fsp3) is 0.429. The molecule has 1 aliphatic heterocycles. The molecule has 8 nitrogen and oxygen atoms in total. The molecule has 3 heterocycles. The third-order valence-corrected chi connectivity index (χ3v) is 5.65. The molecule has 0 atom stereocenters. The molecule has 2 aromatic heterocycles. The van der Waals surface area contributed by atoms with E-state index in [-0.39, 0.29) is 5.92 Å². The number of aromatic nitrogens is 4. The molecular formula is C21H24N6O2. The van der Waals surface area contributed by atoms with Crippen LogP contribution in [0.5, 0.6) is 5.75 Å². The minimum atomic E-state index is 0.275. The largest absolute Gasteiger partial charge is 0.497 e. The second-order valence-corrected chi connectivity index (χ2v) is 7.67. The van der Waals surface area contributed by atoms with Crippen LogP contribution in [0.25, 0.3) is 16.7 Å². The number of rotatable bonds is 4. The van der Waals surface area contributed by atoms with Crippen molar-refractivity contribution in [3.63, 3.8) is 0 Å². The van der Waals surface area contributed by atoms with E-state index in [1.54, 1.807) is 7.11 Å². The van der Waals surface area contributed by atoms with Gasteiger partial charge in [-0.1, -0.05) is 0 Å². The van der Waals surface area contributed by atoms with Crippen LogP contribution in [-0.2, 0) is 4.79 Å². The normalized spacial score (nSPS) is 17.0. The molecule has 1 saturated heterocycles. The molecule has 1 saturated carbocycles. The van der Waals surface area contributed by atoms with E-state index >= 15 is 0 Å². The summed E-state index contributed by atoms with van der Waals surface area (Å²) in [6.45, 7) is 4.94. The Morgan fingerprint density at radius 3 is 2.45 bits per heavy atom. The molecule has 3 aromatic rings. The van der Waals surface area contributed by atoms with E-state index in [0.29, 0.717) is 11.7 Å². The predicted octanol–water partition coefficient (Wildman–Crippen LogP) is 2.19. The number of methoxy groups -OCH3 is 1. The van der Waals surface area contributed by atoms with Gasteiger partial charge in [0.1, 0.15) is 17.4 Å². The highest BCUT2D eigenvalue weighted by atomic mass is 16.5. The van der Waals surface area contributed by atoms with Crippen LogP contribution >= 0.6 is 0 Å². The third-order valence-electron chi connectivity index (χ3n) is 5.65. The Labute approximate surface area is 169 Å². The maximum Gasteiger partial charge on any atom is 0.225 e. The summed E-state index contributed by atoms with van der Waals surface area (Å²) in [4.78, 5) is 25.9. The molecular weight excluding hydrogens is 368 g/mol. The Morgan fingerprint density at radius 1 is 1.07 bits per heavy atom. The summed E-state index contributed by atoms with van der Waals surface area (Å²) in [6.07, 6.45) is 3.93. The van der Waals surface area contributed by atoms with Crippen molar-refractivity contribution < 1.29 is 9.53 Å². The number of amides is 1. The van der Waals surface area contributed by atoms with Gasteiger partial charge in [-0.2, -0.15) is 5.10 Å². The zero-order valence-electron chi connectivity index (χ0n) is 16.7. The Balaban J connectivity index is 1.44. The van der Waals surface area contributed by atoms with Crippen LogP contribution < -0.4 is 9.64 Å². The Morgan fingerprint density at radius 2 is 1.79 bits per heavy atom. The first kappa shape index (κ1) is 17.9. The van der Waals surface area contributed by atoms with E-state index in [4.69, 9.17) is 9.72 Å². The number of benzene rings is 1. The number of fused-ring (bicyclic) bond motifs is 1. The highest BCUT2D eigenvalue weighted by Crippen LogP contribution is 2.32. The van der Waals surface area contributed by atoms with Gasteiger partial charge in [0.25, 0.3) is 0 Å². The van der Waals surface area contributed by atoms with Crippen molar-refractivity contribution in [1.29, 1.82) is 0 Å². The first-order valence-corrected chi connectivity index (χ1v) is 10.0. The Bertz CT molecular complexity index is 1050. The molecule has 0 unspecified atom stereocenters. The van der Waals surface area contributed by atoms with Crippen molar-refractivity contribution in [2.75, 3.05) is 38.2 Å². The molecule has 8 heteroatoms. The topological polar surface area (TPSA) is 76.4 Å². The zero-order valence-corrected chi connectivity index (χ0v) is 16.7. The van der Waals surface area contributed by atoms with Gasteiger partial charge in [-0.15, -0.1) is 0 Å². The molecule has 150 valence electrons. The van der Waals surface area contributed by atoms with E-state index in [9.17, 15) is 4.79 Å². The predicted molar refractivity (Wildman–Crippen MR) is 109 cm³/mol. The highest BCUT2D eigenvalue weighted by Gasteiger charge is 2.35. The summed E-state index contributed by atoms with van der Waals surface area (Å²) < 4.78 is 7.08. The van der Waals surface area contributed by atoms with Gasteiger partial charge in [0.15, 0.2) is 5.65 Å². The summed E-state index contributed by atoms with van der Waals surface area (Å²) in [5.41, 5.74) is 1.71. The average Bonchev–Trinajstić information content (AvgIpc) is 3.53. The minimum Gasteiger partial charge on any atom is -0.497 e. The SMILES string of the molecule is COc1ccc(-n2ncc3c(N4CCN(C(=O)C5CC5)CC4)nc(C)nc32)cc1. The van der Waals surface area contributed by atoms with E-state index in [0.717, 1.165) is 67.3 Å². The molecule has 2 fully saturated rings. The van der Waals surface area contributed by atoms with Gasteiger partial charge in [0.05, 0.1) is 24.4 Å². The van der Waals surface area contributed by atoms with Crippen LogP contribution in [0.4, 0.5) is 5.82 Å². The number of nitrogens with zero attached hydrogens (tertiary/aromatic N) is 6. The molecule has 1 aromatic carbocycles. The van der Waals surface area contributed by atoms with Gasteiger partial charge in [-0.3, -0.25) is 4.79 Å². The molecule has 0 bridgehead atoms. The van der Waals surface area contributed by atoms with Crippen LogP contribution in [0.1, 0.15) is 18.7 Å². The quantitative estimate of drug-likeness (QED) is 0.677. The van der Waals surface area contributed by atoms with Gasteiger partial charge < -0.3 is 14.5 Å². The van der Waals surface area contributed by atoms with Crippen LogP contribution in [0.15, 0.2) is 30.5 Å². The summed E-state index contributed by atoms with van der Waals surface area (Å²) in [5.74, 6) is 3.00. The van der Waals surface area contributed by atoms with Crippen molar-refractivity contribution >= 4 is 22.8 Å². The number of carbonyl (C=O) groups is 1. The number of anilines is 1. The molecule has 0 spiro atoms. The molecule has 0 radical (unpaired) electrons. The molecule has 5 rings (SSSR count). The van der Waals surface area contributed by atoms with Crippen molar-refractivity contribution in [2.24, 2.45) is 5.92 Å². The number of aryl methyl sites for hydroxylation is 1. The lowest BCUT2D eigenvalue weighted by Crippen LogP contribution is -2.49. The van der Waals surface area contributed by atoms with Crippen molar-refractivity contribution in [3.8, 4) is 11.4 Å². The lowest BCUT2D eigenvalue weighted by molar-refractivity contribution is -0.132. The van der Waals surface area contributed by atoms with E-state index < -0.39 is 0 Å². The maximum atomic E-state index is 12.3. The maximum absolute atomic E-state index is 12.3. The first-order chi connectivity index (χ1) is 14.1. The van der Waals surface area contributed by atoms with Crippen molar-refractivity contribution in [3.05, 3.63) is 36.3 Å². The number of piperazine rings is 1. The Hall–Kier alpha value is -3.16. The summed E-state index contributed by atoms with van der Waals surface area (Å²) in [5, 5.41) is 5.50. The lowest BCUT2D eigenvalue weighted by Gasteiger charge is -2.35. The minimum absolute atomic E-state index is 0.275. The van der Waals surface area contributed by atoms with Crippen molar-refractivity contribution in [2.45, 2.75) is 19.8 Å². The lowest BCUT2D eigenvalue weighted by atomic mass is 10.2. The fourth-order valence-electron chi connectivity index (χ4n) is 3.88. The number of hydrogen-bond acceptors (Lipinski definition) is 6. The standard InChI is InChI=1S/C21H24N6O2/c1-14-23-19(25-9-11-26(12-10-25)21(28)15-3-4-15)18-13-22-27(20(18)24-14)16-5-7-17(29-2)8-6-16/h5-8,13,15H,3-4,9-12H2,1-2H3. The van der Waals surface area contributed by atoms with E-state index in [2.05, 4.69) is 15.0 Å². The third kappa shape index (κ3) is 3.28. The van der Waals surface area contributed by atoms with Crippen LogP contribution in [0.2, 0.25) is 0 Å². The van der Waals surface area contributed by atoms with Crippen LogP contribution in [-0.4, -0.2) is 63.8 Å². The number of ether oxygens (including phenoxy) is 1. The molecule has 1 amide bonds. The van der Waals surface area contributed by atoms with Gasteiger partial charge in [0.2, 0.25) is 5.91 Å². The number of carbonyl (C=O) groups excluding carboxylic acids is 1. The smallest absolute Gasteiger partial charge is 0.225 e. The molecule has 1 aliphatic carbocycles.